The van der Waals surface area contributed by atoms with Crippen molar-refractivity contribution in [3.8, 4) is 17.6 Å². The number of nitro benzene ring substituents is 1. The molecule has 1 aromatic rings. The van der Waals surface area contributed by atoms with Gasteiger partial charge in [-0.3, -0.25) is 14.9 Å². The fourth-order valence-corrected chi connectivity index (χ4v) is 2.10. The summed E-state index contributed by atoms with van der Waals surface area (Å²) in [6, 6.07) is 3.66. The minimum atomic E-state index is -0.856. The number of aliphatic hydroxyl groups excluding tert-OH is 1. The Morgan fingerprint density at radius 2 is 2.09 bits per heavy atom. The van der Waals surface area contributed by atoms with Crippen LogP contribution in [0.5, 0.6) is 11.5 Å². The molecule has 2 N–H and O–H groups in total. The zero-order valence-electron chi connectivity index (χ0n) is 12.5. The summed E-state index contributed by atoms with van der Waals surface area (Å²) in [5, 5.41) is 40.1. The van der Waals surface area contributed by atoms with E-state index in [2.05, 4.69) is 0 Å². The zero-order valence-corrected chi connectivity index (χ0v) is 12.5. The van der Waals surface area contributed by atoms with Crippen LogP contribution in [0.3, 0.4) is 0 Å². The molecule has 0 unspecified atom stereocenters. The molecule has 2 rings (SSSR count). The lowest BCUT2D eigenvalue weighted by Crippen LogP contribution is -2.15. The van der Waals surface area contributed by atoms with E-state index >= 15 is 0 Å². The predicted molar refractivity (Wildman–Crippen MR) is 78.8 cm³/mol. The van der Waals surface area contributed by atoms with Crippen LogP contribution in [0.25, 0.3) is 5.76 Å². The first-order chi connectivity index (χ1) is 10.7. The number of carbonyl (C=O) groups is 1. The number of phenols is 1. The number of carbonyl (C=O) groups excluding carboxylic acids is 1. The monoisotopic (exact) mass is 318 g/mol. The van der Waals surface area contributed by atoms with Crippen LogP contribution in [-0.4, -0.2) is 28.0 Å². The largest absolute Gasteiger partial charge is 0.506 e. The first-order valence-electron chi connectivity index (χ1n) is 6.69. The van der Waals surface area contributed by atoms with Crippen LogP contribution in [0.2, 0.25) is 0 Å². The molecule has 0 bridgehead atoms. The molecule has 0 aliphatic heterocycles. The third kappa shape index (κ3) is 2.81. The number of hydrogen-bond donors (Lipinski definition) is 2. The smallest absolute Gasteiger partial charge is 0.315 e. The molecule has 1 fully saturated rings. The van der Waals surface area contributed by atoms with Crippen molar-refractivity contribution >= 4 is 17.2 Å². The second kappa shape index (κ2) is 5.61. The molecule has 0 amide bonds. The van der Waals surface area contributed by atoms with E-state index in [0.29, 0.717) is 12.8 Å². The average molecular weight is 318 g/mol. The van der Waals surface area contributed by atoms with Crippen LogP contribution in [0.15, 0.2) is 17.7 Å². The highest BCUT2D eigenvalue weighted by atomic mass is 16.6. The number of benzene rings is 1. The quantitative estimate of drug-likeness (QED) is 0.280. The predicted octanol–water partition coefficient (Wildman–Crippen LogP) is 2.47. The summed E-state index contributed by atoms with van der Waals surface area (Å²) in [6.07, 6.45) is 1.23. The van der Waals surface area contributed by atoms with Gasteiger partial charge < -0.3 is 14.9 Å². The lowest BCUT2D eigenvalue weighted by molar-refractivity contribution is -0.386. The second-order valence-corrected chi connectivity index (χ2v) is 5.53. The van der Waals surface area contributed by atoms with Crippen molar-refractivity contribution in [1.82, 2.24) is 0 Å². The number of ether oxygens (including phenoxy) is 1. The van der Waals surface area contributed by atoms with E-state index in [0.717, 1.165) is 12.1 Å². The maximum atomic E-state index is 12.3. The van der Waals surface area contributed by atoms with Crippen LogP contribution >= 0.6 is 0 Å². The van der Waals surface area contributed by atoms with Gasteiger partial charge in [0.1, 0.15) is 17.4 Å². The maximum absolute atomic E-state index is 12.3. The first kappa shape index (κ1) is 16.3. The lowest BCUT2D eigenvalue weighted by Gasteiger charge is -2.10. The number of allylic oxidation sites excluding steroid dienone is 1. The molecule has 8 heteroatoms. The molecule has 23 heavy (non-hydrogen) atoms. The number of nitrogens with zero attached hydrogens (tertiary/aromatic N) is 2. The molecule has 0 saturated heterocycles. The average Bonchev–Trinajstić information content (AvgIpc) is 3.26. The van der Waals surface area contributed by atoms with Gasteiger partial charge in [0.15, 0.2) is 11.5 Å². The summed E-state index contributed by atoms with van der Waals surface area (Å²) >= 11 is 0. The summed E-state index contributed by atoms with van der Waals surface area (Å²) < 4.78 is 4.82. The van der Waals surface area contributed by atoms with E-state index in [4.69, 9.17) is 4.74 Å². The van der Waals surface area contributed by atoms with Crippen LogP contribution < -0.4 is 4.74 Å². The molecule has 0 heterocycles. The summed E-state index contributed by atoms with van der Waals surface area (Å²) in [7, 11) is 1.19. The summed E-state index contributed by atoms with van der Waals surface area (Å²) in [6.45, 7) is 1.68. The molecule has 1 aliphatic rings. The molecule has 0 aromatic heterocycles. The fraction of sp³-hybridized carbons (Fsp3) is 0.333. The van der Waals surface area contributed by atoms with Crippen LogP contribution in [0, 0.1) is 26.9 Å². The van der Waals surface area contributed by atoms with E-state index in [-0.39, 0.29) is 11.3 Å². The molecule has 8 nitrogen and oxygen atoms in total. The van der Waals surface area contributed by atoms with Gasteiger partial charge in [-0.2, -0.15) is 5.26 Å². The Morgan fingerprint density at radius 3 is 2.52 bits per heavy atom. The Balaban J connectivity index is 2.62. The van der Waals surface area contributed by atoms with Gasteiger partial charge in [-0.25, -0.2) is 0 Å². The van der Waals surface area contributed by atoms with Crippen molar-refractivity contribution in [2.75, 3.05) is 7.11 Å². The number of aliphatic hydroxyl groups is 1. The van der Waals surface area contributed by atoms with E-state index in [9.17, 15) is 30.4 Å². The SMILES string of the molecule is COc1cc(/C(O)=C(\C#N)C(=O)C2(C)CC2)cc([N+](=O)[O-])c1O. The zero-order chi connectivity index (χ0) is 17.4. The highest BCUT2D eigenvalue weighted by Crippen LogP contribution is 2.48. The summed E-state index contributed by atoms with van der Waals surface area (Å²) in [5.41, 5.74) is -1.99. The van der Waals surface area contributed by atoms with E-state index in [1.165, 1.54) is 7.11 Å². The minimum absolute atomic E-state index is 0.152. The Kier molecular flexibility index (Phi) is 3.97. The standard InChI is InChI=1S/C15H14N2O6/c1-15(3-4-15)14(20)9(7-16)12(18)8-5-10(17(21)22)13(19)11(6-8)23-2/h5-6,18-19H,3-4H2,1-2H3/b12-9-. The highest BCUT2D eigenvalue weighted by molar-refractivity contribution is 6.09. The molecule has 1 aliphatic carbocycles. The summed E-state index contributed by atoms with van der Waals surface area (Å²) in [4.78, 5) is 22.4. The topological polar surface area (TPSA) is 134 Å². The molecule has 0 radical (unpaired) electrons. The molecule has 0 spiro atoms. The third-order valence-electron chi connectivity index (χ3n) is 3.87. The molecule has 120 valence electrons. The Bertz CT molecular complexity index is 771. The van der Waals surface area contributed by atoms with Gasteiger partial charge in [-0.15, -0.1) is 0 Å². The second-order valence-electron chi connectivity index (χ2n) is 5.53. The number of hydrogen-bond acceptors (Lipinski definition) is 7. The number of Topliss-reactive ketones (excluding diaryl/α,β-unsaturated/α-hetero) is 1. The number of nitriles is 1. The molecule has 0 atom stereocenters. The Morgan fingerprint density at radius 1 is 1.48 bits per heavy atom. The molecule has 1 saturated carbocycles. The lowest BCUT2D eigenvalue weighted by atomic mass is 9.94. The number of phenolic OH excluding ortho intramolecular Hbond substituents is 1. The number of nitro groups is 1. The van der Waals surface area contributed by atoms with Crippen molar-refractivity contribution in [2.45, 2.75) is 19.8 Å². The number of methoxy groups -OCH3 is 1. The fourth-order valence-electron chi connectivity index (χ4n) is 2.10. The number of ketones is 1. The van der Waals surface area contributed by atoms with Crippen molar-refractivity contribution in [2.24, 2.45) is 5.41 Å². The van der Waals surface area contributed by atoms with Crippen LogP contribution in [0.4, 0.5) is 5.69 Å². The van der Waals surface area contributed by atoms with Gasteiger partial charge in [0.05, 0.1) is 12.0 Å². The summed E-state index contributed by atoms with van der Waals surface area (Å²) in [5.74, 6) is -2.13. The third-order valence-corrected chi connectivity index (χ3v) is 3.87. The van der Waals surface area contributed by atoms with Gasteiger partial charge in [-0.1, -0.05) is 6.92 Å². The maximum Gasteiger partial charge on any atom is 0.315 e. The molecule has 1 aromatic carbocycles. The van der Waals surface area contributed by atoms with Gasteiger partial charge in [-0.05, 0) is 18.9 Å². The van der Waals surface area contributed by atoms with Crippen LogP contribution in [0.1, 0.15) is 25.3 Å². The number of rotatable bonds is 5. The van der Waals surface area contributed by atoms with Crippen molar-refractivity contribution in [3.63, 3.8) is 0 Å². The first-order valence-corrected chi connectivity index (χ1v) is 6.69. The van der Waals surface area contributed by atoms with Crippen molar-refractivity contribution in [3.05, 3.63) is 33.4 Å². The van der Waals surface area contributed by atoms with Crippen LogP contribution in [-0.2, 0) is 4.79 Å². The Labute approximate surface area is 131 Å². The normalized spacial score (nSPS) is 16.0. The van der Waals surface area contributed by atoms with E-state index in [1.807, 2.05) is 0 Å². The van der Waals surface area contributed by atoms with Crippen molar-refractivity contribution in [1.29, 1.82) is 5.26 Å². The van der Waals surface area contributed by atoms with Crippen molar-refractivity contribution < 1.29 is 24.7 Å². The van der Waals surface area contributed by atoms with E-state index < -0.39 is 38.9 Å². The van der Waals surface area contributed by atoms with Gasteiger partial charge in [0.2, 0.25) is 5.75 Å². The number of aromatic hydroxyl groups is 1. The highest BCUT2D eigenvalue weighted by Gasteiger charge is 2.47. The minimum Gasteiger partial charge on any atom is -0.506 e. The molecular weight excluding hydrogens is 304 g/mol. The van der Waals surface area contributed by atoms with Gasteiger partial charge >= 0.3 is 5.69 Å². The molecular formula is C15H14N2O6. The van der Waals surface area contributed by atoms with Gasteiger partial charge in [0.25, 0.3) is 0 Å². The van der Waals surface area contributed by atoms with E-state index in [1.54, 1.807) is 13.0 Å². The van der Waals surface area contributed by atoms with Gasteiger partial charge in [0, 0.05) is 17.0 Å². The Hall–Kier alpha value is -3.08.